The van der Waals surface area contributed by atoms with Gasteiger partial charge in [-0.1, -0.05) is 30.3 Å². The molecule has 1 amide bonds. The molecule has 2 saturated heterocycles. The van der Waals surface area contributed by atoms with Crippen LogP contribution in [0, 0.1) is 5.92 Å². The van der Waals surface area contributed by atoms with Gasteiger partial charge in [-0.15, -0.1) is 0 Å². The lowest BCUT2D eigenvalue weighted by Crippen LogP contribution is -2.60. The zero-order valence-corrected chi connectivity index (χ0v) is 12.2. The number of rotatable bonds is 2. The molecule has 22 heavy (non-hydrogen) atoms. The Hall–Kier alpha value is -2.37. The van der Waals surface area contributed by atoms with Crippen molar-refractivity contribution < 1.29 is 23.9 Å². The smallest absolute Gasteiger partial charge is 0.329 e. The van der Waals surface area contributed by atoms with Crippen LogP contribution < -0.4 is 0 Å². The van der Waals surface area contributed by atoms with Crippen molar-refractivity contribution in [2.24, 2.45) is 5.92 Å². The van der Waals surface area contributed by atoms with E-state index in [1.54, 1.807) is 0 Å². The van der Waals surface area contributed by atoms with E-state index in [4.69, 9.17) is 9.47 Å². The third-order valence-corrected chi connectivity index (χ3v) is 4.29. The first kappa shape index (κ1) is 14.6. The summed E-state index contributed by atoms with van der Waals surface area (Å²) in [5.41, 5.74) is 0.888. The number of esters is 2. The summed E-state index contributed by atoms with van der Waals surface area (Å²) in [5.74, 6) is -1.80. The molecule has 2 heterocycles. The number of carbonyl (C=O) groups is 3. The highest BCUT2D eigenvalue weighted by Gasteiger charge is 2.51. The third kappa shape index (κ3) is 2.34. The van der Waals surface area contributed by atoms with Gasteiger partial charge in [0.15, 0.2) is 0 Å². The van der Waals surface area contributed by atoms with Gasteiger partial charge in [0.05, 0.1) is 19.1 Å². The normalized spacial score (nSPS) is 27.9. The topological polar surface area (TPSA) is 72.9 Å². The van der Waals surface area contributed by atoms with E-state index in [9.17, 15) is 14.4 Å². The van der Waals surface area contributed by atoms with E-state index in [0.29, 0.717) is 6.42 Å². The van der Waals surface area contributed by atoms with Crippen LogP contribution in [0.2, 0.25) is 0 Å². The Labute approximate surface area is 128 Å². The Morgan fingerprint density at radius 2 is 2.00 bits per heavy atom. The first-order chi connectivity index (χ1) is 10.6. The number of benzene rings is 1. The highest BCUT2D eigenvalue weighted by molar-refractivity contribution is 5.92. The molecule has 0 aromatic heterocycles. The van der Waals surface area contributed by atoms with Crippen molar-refractivity contribution in [1.82, 2.24) is 4.90 Å². The average Bonchev–Trinajstić information content (AvgIpc) is 2.56. The fourth-order valence-electron chi connectivity index (χ4n) is 3.22. The molecule has 3 rings (SSSR count). The maximum absolute atomic E-state index is 12.4. The number of piperidine rings is 1. The van der Waals surface area contributed by atoms with E-state index in [1.807, 2.05) is 30.3 Å². The second-order valence-electron chi connectivity index (χ2n) is 5.47. The lowest BCUT2D eigenvalue weighted by molar-refractivity contribution is -0.182. The van der Waals surface area contributed by atoms with Gasteiger partial charge in [0.1, 0.15) is 12.6 Å². The quantitative estimate of drug-likeness (QED) is 0.764. The van der Waals surface area contributed by atoms with Gasteiger partial charge < -0.3 is 14.4 Å². The highest BCUT2D eigenvalue weighted by atomic mass is 16.5. The Balaban J connectivity index is 1.98. The van der Waals surface area contributed by atoms with Crippen LogP contribution in [-0.4, -0.2) is 42.5 Å². The molecule has 6 nitrogen and oxygen atoms in total. The van der Waals surface area contributed by atoms with Gasteiger partial charge in [0, 0.05) is 6.42 Å². The number of methoxy groups -OCH3 is 1. The molecule has 1 aromatic rings. The monoisotopic (exact) mass is 303 g/mol. The Morgan fingerprint density at radius 3 is 2.68 bits per heavy atom. The second kappa shape index (κ2) is 5.79. The van der Waals surface area contributed by atoms with Gasteiger partial charge in [0.2, 0.25) is 5.91 Å². The van der Waals surface area contributed by atoms with E-state index >= 15 is 0 Å². The number of hydrogen-bond acceptors (Lipinski definition) is 5. The molecule has 0 saturated carbocycles. The molecule has 2 aliphatic rings. The summed E-state index contributed by atoms with van der Waals surface area (Å²) < 4.78 is 10.0. The molecule has 2 unspecified atom stereocenters. The molecule has 3 atom stereocenters. The first-order valence-electron chi connectivity index (χ1n) is 7.24. The second-order valence-corrected chi connectivity index (χ2v) is 5.47. The lowest BCUT2D eigenvalue weighted by atomic mass is 9.85. The molecule has 1 aromatic carbocycles. The number of amides is 1. The number of hydrogen-bond donors (Lipinski definition) is 0. The van der Waals surface area contributed by atoms with Gasteiger partial charge in [-0.2, -0.15) is 0 Å². The summed E-state index contributed by atoms with van der Waals surface area (Å²) >= 11 is 0. The number of nitrogens with zero attached hydrogens (tertiary/aromatic N) is 1. The zero-order valence-electron chi connectivity index (χ0n) is 12.2. The summed E-state index contributed by atoms with van der Waals surface area (Å²) in [5, 5.41) is 0. The number of ether oxygens (including phenoxy) is 2. The molecule has 2 fully saturated rings. The van der Waals surface area contributed by atoms with Crippen molar-refractivity contribution in [2.75, 3.05) is 13.7 Å². The lowest BCUT2D eigenvalue weighted by Gasteiger charge is -2.45. The predicted molar refractivity (Wildman–Crippen MR) is 75.5 cm³/mol. The standard InChI is InChI=1S/C16H17NO5/c1-21-15(19)11-7-8-13(18)17-12(9-22-16(20)14(11)17)10-5-3-2-4-6-10/h2-6,11-12,14H,7-9H2,1H3/t11?,12-,14?/m0/s1. The van der Waals surface area contributed by atoms with Crippen LogP contribution in [0.5, 0.6) is 0 Å². The fourth-order valence-corrected chi connectivity index (χ4v) is 3.22. The van der Waals surface area contributed by atoms with Crippen molar-refractivity contribution in [2.45, 2.75) is 24.9 Å². The molecule has 0 bridgehead atoms. The summed E-state index contributed by atoms with van der Waals surface area (Å²) in [7, 11) is 1.28. The minimum atomic E-state index is -0.896. The van der Waals surface area contributed by atoms with E-state index in [2.05, 4.69) is 0 Å². The van der Waals surface area contributed by atoms with Crippen molar-refractivity contribution in [1.29, 1.82) is 0 Å². The molecule has 0 aliphatic carbocycles. The molecule has 116 valence electrons. The van der Waals surface area contributed by atoms with Gasteiger partial charge >= 0.3 is 11.9 Å². The number of morpholine rings is 1. The fraction of sp³-hybridized carbons (Fsp3) is 0.438. The van der Waals surface area contributed by atoms with Crippen molar-refractivity contribution >= 4 is 17.8 Å². The summed E-state index contributed by atoms with van der Waals surface area (Å²) in [6.45, 7) is 0.110. The Bertz CT molecular complexity index is 600. The van der Waals surface area contributed by atoms with E-state index < -0.39 is 23.9 Å². The van der Waals surface area contributed by atoms with Crippen molar-refractivity contribution in [3.63, 3.8) is 0 Å². The van der Waals surface area contributed by atoms with E-state index in [0.717, 1.165) is 5.56 Å². The minimum Gasteiger partial charge on any atom is -0.469 e. The van der Waals surface area contributed by atoms with E-state index in [1.165, 1.54) is 12.0 Å². The van der Waals surface area contributed by atoms with Crippen molar-refractivity contribution in [3.8, 4) is 0 Å². The van der Waals surface area contributed by atoms with Crippen LogP contribution in [0.3, 0.4) is 0 Å². The van der Waals surface area contributed by atoms with Crippen molar-refractivity contribution in [3.05, 3.63) is 35.9 Å². The Kier molecular flexibility index (Phi) is 3.83. The summed E-state index contributed by atoms with van der Waals surface area (Å²) in [6, 6.07) is 8.13. The average molecular weight is 303 g/mol. The van der Waals surface area contributed by atoms with Crippen LogP contribution in [0.1, 0.15) is 24.4 Å². The molecule has 0 N–H and O–H groups in total. The molecule has 0 spiro atoms. The van der Waals surface area contributed by atoms with Gasteiger partial charge in [0.25, 0.3) is 0 Å². The van der Waals surface area contributed by atoms with Crippen LogP contribution >= 0.6 is 0 Å². The molecular weight excluding hydrogens is 286 g/mol. The van der Waals surface area contributed by atoms with Crippen LogP contribution in [0.15, 0.2) is 30.3 Å². The summed E-state index contributed by atoms with van der Waals surface area (Å²) in [6.07, 6.45) is 0.538. The van der Waals surface area contributed by atoms with Gasteiger partial charge in [-0.05, 0) is 12.0 Å². The first-order valence-corrected chi connectivity index (χ1v) is 7.24. The molecule has 6 heteroatoms. The van der Waals surface area contributed by atoms with E-state index in [-0.39, 0.29) is 25.0 Å². The van der Waals surface area contributed by atoms with Crippen LogP contribution in [-0.2, 0) is 23.9 Å². The minimum absolute atomic E-state index is 0.110. The zero-order chi connectivity index (χ0) is 15.7. The van der Waals surface area contributed by atoms with Crippen LogP contribution in [0.4, 0.5) is 0 Å². The molecular formula is C16H17NO5. The SMILES string of the molecule is COC(=O)C1CCC(=O)N2C1C(=O)OC[C@H]2c1ccccc1. The Morgan fingerprint density at radius 1 is 1.27 bits per heavy atom. The summed E-state index contributed by atoms with van der Waals surface area (Å²) in [4.78, 5) is 38.0. The highest BCUT2D eigenvalue weighted by Crippen LogP contribution is 2.37. The largest absolute Gasteiger partial charge is 0.469 e. The maximum atomic E-state index is 12.4. The molecule has 0 radical (unpaired) electrons. The number of fused-ring (bicyclic) bond motifs is 1. The maximum Gasteiger partial charge on any atom is 0.329 e. The predicted octanol–water partition coefficient (Wildman–Crippen LogP) is 1.06. The number of carbonyl (C=O) groups excluding carboxylic acids is 3. The van der Waals surface area contributed by atoms with Gasteiger partial charge in [-0.25, -0.2) is 4.79 Å². The van der Waals surface area contributed by atoms with Crippen LogP contribution in [0.25, 0.3) is 0 Å². The molecule has 2 aliphatic heterocycles. The van der Waals surface area contributed by atoms with Gasteiger partial charge in [-0.3, -0.25) is 9.59 Å². The third-order valence-electron chi connectivity index (χ3n) is 4.29. The number of cyclic esters (lactones) is 1.